The molecule has 0 spiro atoms. The Morgan fingerprint density at radius 3 is 2.67 bits per heavy atom. The van der Waals surface area contributed by atoms with Crippen LogP contribution in [-0.2, 0) is 9.53 Å². The topological polar surface area (TPSA) is 77.2 Å². The first kappa shape index (κ1) is 15.7. The van der Waals surface area contributed by atoms with Gasteiger partial charge in [-0.15, -0.1) is 0 Å². The van der Waals surface area contributed by atoms with Crippen molar-refractivity contribution in [3.8, 4) is 0 Å². The van der Waals surface area contributed by atoms with E-state index in [2.05, 4.69) is 10.1 Å². The van der Waals surface area contributed by atoms with Crippen molar-refractivity contribution in [1.29, 1.82) is 0 Å². The number of hydrogen-bond donors (Lipinski definition) is 1. The normalized spacial score (nSPS) is 20.8. The largest absolute Gasteiger partial charge is 0.471 e. The second-order valence-corrected chi connectivity index (χ2v) is 5.19. The molecule has 1 aromatic heterocycles. The summed E-state index contributed by atoms with van der Waals surface area (Å²) in [6.07, 6.45) is -3.65. The van der Waals surface area contributed by atoms with Crippen molar-refractivity contribution < 1.29 is 27.2 Å². The molecule has 0 radical (unpaired) electrons. The molecule has 1 saturated heterocycles. The van der Waals surface area contributed by atoms with E-state index in [9.17, 15) is 18.0 Å². The van der Waals surface area contributed by atoms with Crippen LogP contribution >= 0.6 is 0 Å². The highest BCUT2D eigenvalue weighted by molar-refractivity contribution is 5.82. The molecule has 0 aromatic carbocycles. The molecule has 2 atom stereocenters. The summed E-state index contributed by atoms with van der Waals surface area (Å²) in [6.45, 7) is 3.89. The Kier molecular flexibility index (Phi) is 4.50. The summed E-state index contributed by atoms with van der Waals surface area (Å²) >= 11 is 0. The first-order valence-electron chi connectivity index (χ1n) is 6.62. The number of carbonyl (C=O) groups is 1. The quantitative estimate of drug-likeness (QED) is 0.923. The van der Waals surface area contributed by atoms with Crippen molar-refractivity contribution >= 4 is 5.91 Å². The lowest BCUT2D eigenvalue weighted by Gasteiger charge is -2.19. The van der Waals surface area contributed by atoms with Crippen LogP contribution in [0.3, 0.4) is 0 Å². The van der Waals surface area contributed by atoms with Crippen molar-refractivity contribution in [2.75, 3.05) is 6.61 Å². The molecule has 1 aliphatic heterocycles. The molecule has 1 amide bonds. The lowest BCUT2D eigenvalue weighted by Crippen LogP contribution is -2.41. The maximum absolute atomic E-state index is 12.3. The van der Waals surface area contributed by atoms with Gasteiger partial charge in [0.15, 0.2) is 0 Å². The number of aromatic nitrogens is 2. The van der Waals surface area contributed by atoms with Gasteiger partial charge in [0.25, 0.3) is 0 Å². The molecule has 118 valence electrons. The van der Waals surface area contributed by atoms with Gasteiger partial charge in [-0.25, -0.2) is 0 Å². The summed E-state index contributed by atoms with van der Waals surface area (Å²) in [7, 11) is 0. The zero-order chi connectivity index (χ0) is 15.6. The van der Waals surface area contributed by atoms with Gasteiger partial charge in [0.1, 0.15) is 12.1 Å². The van der Waals surface area contributed by atoms with Gasteiger partial charge in [-0.05, 0) is 18.8 Å². The van der Waals surface area contributed by atoms with Crippen molar-refractivity contribution in [3.63, 3.8) is 0 Å². The smallest absolute Gasteiger partial charge is 0.370 e. The van der Waals surface area contributed by atoms with Gasteiger partial charge in [-0.3, -0.25) is 4.79 Å². The Bertz CT molecular complexity index is 495. The molecular formula is C12H16F3N3O3. The molecule has 6 nitrogen and oxygen atoms in total. The van der Waals surface area contributed by atoms with E-state index in [1.807, 2.05) is 5.32 Å². The van der Waals surface area contributed by atoms with E-state index in [1.54, 1.807) is 13.8 Å². The van der Waals surface area contributed by atoms with Crippen LogP contribution in [-0.4, -0.2) is 28.8 Å². The molecule has 1 aliphatic rings. The molecule has 1 unspecified atom stereocenters. The Morgan fingerprint density at radius 2 is 2.14 bits per heavy atom. The summed E-state index contributed by atoms with van der Waals surface area (Å²) in [4.78, 5) is 15.1. The van der Waals surface area contributed by atoms with E-state index in [-0.39, 0.29) is 17.9 Å². The third kappa shape index (κ3) is 3.72. The Labute approximate surface area is 119 Å². The second kappa shape index (κ2) is 6.00. The molecule has 0 saturated carbocycles. The van der Waals surface area contributed by atoms with Crippen molar-refractivity contribution in [2.24, 2.45) is 5.92 Å². The number of halogens is 3. The molecule has 9 heteroatoms. The second-order valence-electron chi connectivity index (χ2n) is 5.19. The minimum absolute atomic E-state index is 0.0481. The first-order valence-corrected chi connectivity index (χ1v) is 6.62. The van der Waals surface area contributed by atoms with Crippen LogP contribution in [0.5, 0.6) is 0 Å². The Balaban J connectivity index is 2.13. The number of carbonyl (C=O) groups excluding carboxylic acids is 1. The monoisotopic (exact) mass is 307 g/mol. The SMILES string of the molecule is CC(C)[C@H](NC(=O)C(F)(F)F)c1nc(C2CCCO2)no1. The maximum Gasteiger partial charge on any atom is 0.471 e. The molecule has 2 rings (SSSR count). The van der Waals surface area contributed by atoms with Crippen molar-refractivity contribution in [3.05, 3.63) is 11.7 Å². The Hall–Kier alpha value is -1.64. The lowest BCUT2D eigenvalue weighted by atomic mass is 10.0. The highest BCUT2D eigenvalue weighted by Crippen LogP contribution is 2.29. The fourth-order valence-electron chi connectivity index (χ4n) is 2.02. The van der Waals surface area contributed by atoms with Gasteiger partial charge in [0, 0.05) is 6.61 Å². The Morgan fingerprint density at radius 1 is 1.43 bits per heavy atom. The fourth-order valence-corrected chi connectivity index (χ4v) is 2.02. The van der Waals surface area contributed by atoms with E-state index >= 15 is 0 Å². The molecular weight excluding hydrogens is 291 g/mol. The predicted octanol–water partition coefficient (Wildman–Crippen LogP) is 2.30. The van der Waals surface area contributed by atoms with E-state index < -0.39 is 18.1 Å². The summed E-state index contributed by atoms with van der Waals surface area (Å²) < 4.78 is 47.4. The lowest BCUT2D eigenvalue weighted by molar-refractivity contribution is -0.175. The van der Waals surface area contributed by atoms with Crippen LogP contribution in [0.4, 0.5) is 13.2 Å². The van der Waals surface area contributed by atoms with Crippen molar-refractivity contribution in [2.45, 2.75) is 45.0 Å². The molecule has 1 N–H and O–H groups in total. The third-order valence-corrected chi connectivity index (χ3v) is 3.15. The zero-order valence-electron chi connectivity index (χ0n) is 11.6. The average Bonchev–Trinajstić information content (AvgIpc) is 3.04. The van der Waals surface area contributed by atoms with Crippen LogP contribution < -0.4 is 5.32 Å². The van der Waals surface area contributed by atoms with Gasteiger partial charge in [0.05, 0.1) is 0 Å². The predicted molar refractivity (Wildman–Crippen MR) is 64.0 cm³/mol. The molecule has 2 heterocycles. The molecule has 1 aromatic rings. The van der Waals surface area contributed by atoms with Gasteiger partial charge in [-0.2, -0.15) is 18.2 Å². The highest BCUT2D eigenvalue weighted by atomic mass is 19.4. The zero-order valence-corrected chi connectivity index (χ0v) is 11.6. The van der Waals surface area contributed by atoms with Crippen LogP contribution in [0.15, 0.2) is 4.52 Å². The maximum atomic E-state index is 12.3. The summed E-state index contributed by atoms with van der Waals surface area (Å²) in [5.74, 6) is -2.12. The number of hydrogen-bond acceptors (Lipinski definition) is 5. The van der Waals surface area contributed by atoms with Gasteiger partial charge in [-0.1, -0.05) is 19.0 Å². The van der Waals surface area contributed by atoms with E-state index in [0.29, 0.717) is 12.4 Å². The molecule has 21 heavy (non-hydrogen) atoms. The number of amides is 1. The number of alkyl halides is 3. The van der Waals surface area contributed by atoms with Crippen LogP contribution in [0, 0.1) is 5.92 Å². The van der Waals surface area contributed by atoms with Crippen LogP contribution in [0.2, 0.25) is 0 Å². The molecule has 0 bridgehead atoms. The van der Waals surface area contributed by atoms with Gasteiger partial charge in [0.2, 0.25) is 11.7 Å². The summed E-state index contributed by atoms with van der Waals surface area (Å²) in [6, 6.07) is -0.998. The van der Waals surface area contributed by atoms with Gasteiger partial charge < -0.3 is 14.6 Å². The fraction of sp³-hybridized carbons (Fsp3) is 0.750. The molecule has 1 fully saturated rings. The average molecular weight is 307 g/mol. The minimum atomic E-state index is -4.95. The van der Waals surface area contributed by atoms with E-state index in [4.69, 9.17) is 9.26 Å². The minimum Gasteiger partial charge on any atom is -0.370 e. The first-order chi connectivity index (χ1) is 9.79. The van der Waals surface area contributed by atoms with E-state index in [0.717, 1.165) is 12.8 Å². The van der Waals surface area contributed by atoms with Crippen LogP contribution in [0.25, 0.3) is 0 Å². The number of nitrogens with zero attached hydrogens (tertiary/aromatic N) is 2. The summed E-state index contributed by atoms with van der Waals surface area (Å²) in [5, 5.41) is 5.60. The van der Waals surface area contributed by atoms with E-state index in [1.165, 1.54) is 0 Å². The number of nitrogens with one attached hydrogen (secondary N) is 1. The third-order valence-electron chi connectivity index (χ3n) is 3.15. The highest BCUT2D eigenvalue weighted by Gasteiger charge is 2.41. The molecule has 0 aliphatic carbocycles. The van der Waals surface area contributed by atoms with Crippen LogP contribution in [0.1, 0.15) is 50.6 Å². The standard InChI is InChI=1S/C12H16F3N3O3/c1-6(2)8(16-11(19)12(13,14)15)10-17-9(18-21-10)7-4-3-5-20-7/h6-8H,3-5H2,1-2H3,(H,16,19)/t7?,8-/m0/s1. The summed E-state index contributed by atoms with van der Waals surface area (Å²) in [5.41, 5.74) is 0. The number of rotatable bonds is 4. The van der Waals surface area contributed by atoms with Gasteiger partial charge >= 0.3 is 12.1 Å². The number of ether oxygens (including phenoxy) is 1. The van der Waals surface area contributed by atoms with Crippen molar-refractivity contribution in [1.82, 2.24) is 15.5 Å².